The summed E-state index contributed by atoms with van der Waals surface area (Å²) in [4.78, 5) is 2.18. The monoisotopic (exact) mass is 288 g/mol. The van der Waals surface area contributed by atoms with Gasteiger partial charge >= 0.3 is 0 Å². The first-order chi connectivity index (χ1) is 8.10. The van der Waals surface area contributed by atoms with Gasteiger partial charge in [-0.05, 0) is 18.6 Å². The molecule has 1 aromatic rings. The Balaban J connectivity index is 3.11. The van der Waals surface area contributed by atoms with Crippen LogP contribution in [0.4, 0.5) is 0 Å². The molecule has 17 heavy (non-hydrogen) atoms. The van der Waals surface area contributed by atoms with Crippen LogP contribution in [0.2, 0.25) is 5.02 Å². The van der Waals surface area contributed by atoms with Gasteiger partial charge in [-0.15, -0.1) is 28.6 Å². The molecule has 7 heteroatoms. The van der Waals surface area contributed by atoms with Crippen LogP contribution in [0.1, 0.15) is 5.56 Å². The molecule has 0 fully saturated rings. The lowest BCUT2D eigenvalue weighted by Gasteiger charge is -2.08. The SMILES string of the molecule is CSc1ccc(C=NN=C(N)N)c(Cl)c1SC. The summed E-state index contributed by atoms with van der Waals surface area (Å²) in [5.41, 5.74) is 11.1. The Hall–Kier alpha value is -0.850. The van der Waals surface area contributed by atoms with Crippen LogP contribution in [0.25, 0.3) is 0 Å². The minimum Gasteiger partial charge on any atom is -0.369 e. The van der Waals surface area contributed by atoms with Crippen LogP contribution in [0.3, 0.4) is 0 Å². The van der Waals surface area contributed by atoms with E-state index in [1.807, 2.05) is 24.6 Å². The Labute approximate surface area is 114 Å². The third-order valence-corrected chi connectivity index (χ3v) is 4.15. The van der Waals surface area contributed by atoms with Crippen LogP contribution < -0.4 is 11.5 Å². The van der Waals surface area contributed by atoms with E-state index in [2.05, 4.69) is 10.2 Å². The second-order valence-electron chi connectivity index (χ2n) is 2.97. The van der Waals surface area contributed by atoms with E-state index in [0.29, 0.717) is 5.02 Å². The molecule has 1 rings (SSSR count). The smallest absolute Gasteiger partial charge is 0.211 e. The van der Waals surface area contributed by atoms with Crippen LogP contribution in [0.5, 0.6) is 0 Å². The topological polar surface area (TPSA) is 76.8 Å². The van der Waals surface area contributed by atoms with Crippen molar-refractivity contribution in [1.82, 2.24) is 0 Å². The summed E-state index contributed by atoms with van der Waals surface area (Å²) in [6.07, 6.45) is 5.53. The molecular weight excluding hydrogens is 276 g/mol. The third-order valence-electron chi connectivity index (χ3n) is 1.88. The van der Waals surface area contributed by atoms with Gasteiger partial charge in [-0.2, -0.15) is 5.10 Å². The number of rotatable bonds is 4. The van der Waals surface area contributed by atoms with Gasteiger partial charge in [0.1, 0.15) is 0 Å². The summed E-state index contributed by atoms with van der Waals surface area (Å²) >= 11 is 9.53. The first-order valence-electron chi connectivity index (χ1n) is 4.62. The van der Waals surface area contributed by atoms with Crippen molar-refractivity contribution in [2.75, 3.05) is 12.5 Å². The number of thioether (sulfide) groups is 2. The summed E-state index contributed by atoms with van der Waals surface area (Å²) in [7, 11) is 0. The van der Waals surface area contributed by atoms with Gasteiger partial charge in [0.2, 0.25) is 5.96 Å². The fourth-order valence-electron chi connectivity index (χ4n) is 1.16. The number of hydrogen-bond donors (Lipinski definition) is 2. The van der Waals surface area contributed by atoms with Crippen molar-refractivity contribution in [3.63, 3.8) is 0 Å². The second kappa shape index (κ2) is 6.78. The van der Waals surface area contributed by atoms with Crippen molar-refractivity contribution in [2.45, 2.75) is 9.79 Å². The van der Waals surface area contributed by atoms with Gasteiger partial charge in [-0.3, -0.25) is 0 Å². The maximum Gasteiger partial charge on any atom is 0.211 e. The van der Waals surface area contributed by atoms with Crippen LogP contribution >= 0.6 is 35.1 Å². The van der Waals surface area contributed by atoms with Gasteiger partial charge in [0.05, 0.1) is 11.2 Å². The van der Waals surface area contributed by atoms with E-state index in [0.717, 1.165) is 15.4 Å². The number of benzene rings is 1. The third kappa shape index (κ3) is 3.83. The van der Waals surface area contributed by atoms with E-state index in [-0.39, 0.29) is 5.96 Å². The normalized spacial score (nSPS) is 10.8. The van der Waals surface area contributed by atoms with Crippen molar-refractivity contribution in [2.24, 2.45) is 21.7 Å². The van der Waals surface area contributed by atoms with E-state index in [1.54, 1.807) is 23.5 Å². The highest BCUT2D eigenvalue weighted by molar-refractivity contribution is 8.01. The highest BCUT2D eigenvalue weighted by Gasteiger charge is 2.09. The molecule has 0 aliphatic heterocycles. The van der Waals surface area contributed by atoms with Crippen molar-refractivity contribution < 1.29 is 0 Å². The first kappa shape index (κ1) is 14.2. The van der Waals surface area contributed by atoms with Gasteiger partial charge < -0.3 is 11.5 Å². The van der Waals surface area contributed by atoms with E-state index in [1.165, 1.54) is 6.21 Å². The average molecular weight is 289 g/mol. The van der Waals surface area contributed by atoms with Crippen LogP contribution in [0.15, 0.2) is 32.1 Å². The average Bonchev–Trinajstić information content (AvgIpc) is 2.30. The number of guanidine groups is 1. The first-order valence-corrected chi connectivity index (χ1v) is 7.45. The molecule has 0 saturated carbocycles. The highest BCUT2D eigenvalue weighted by atomic mass is 35.5. The standard InChI is InChI=1S/C10H13ClN4S2/c1-16-7-4-3-6(5-14-15-10(12)13)8(11)9(7)17-2/h3-5H,1-2H3,(H4,12,13,15). The molecule has 0 aromatic heterocycles. The van der Waals surface area contributed by atoms with Gasteiger partial charge in [-0.25, -0.2) is 0 Å². The number of nitrogens with zero attached hydrogens (tertiary/aromatic N) is 2. The second-order valence-corrected chi connectivity index (χ2v) is 5.02. The molecule has 0 amide bonds. The van der Waals surface area contributed by atoms with Crippen LogP contribution in [-0.2, 0) is 0 Å². The lowest BCUT2D eigenvalue weighted by molar-refractivity contribution is 1.20. The molecular formula is C10H13ClN4S2. The minimum absolute atomic E-state index is 0.0804. The molecule has 0 heterocycles. The van der Waals surface area contributed by atoms with E-state index < -0.39 is 0 Å². The Morgan fingerprint density at radius 2 is 2.00 bits per heavy atom. The zero-order valence-corrected chi connectivity index (χ0v) is 11.9. The largest absolute Gasteiger partial charge is 0.369 e. The molecule has 0 spiro atoms. The highest BCUT2D eigenvalue weighted by Crippen LogP contribution is 2.36. The fraction of sp³-hybridized carbons (Fsp3) is 0.200. The summed E-state index contributed by atoms with van der Waals surface area (Å²) in [5.74, 6) is -0.0804. The maximum absolute atomic E-state index is 6.27. The van der Waals surface area contributed by atoms with E-state index >= 15 is 0 Å². The quantitative estimate of drug-likeness (QED) is 0.386. The molecule has 0 aliphatic carbocycles. The zero-order chi connectivity index (χ0) is 12.8. The number of nitrogens with two attached hydrogens (primary N) is 2. The van der Waals surface area contributed by atoms with Crippen LogP contribution in [0, 0.1) is 0 Å². The minimum atomic E-state index is -0.0804. The van der Waals surface area contributed by atoms with Gasteiger partial charge in [0, 0.05) is 15.4 Å². The Morgan fingerprint density at radius 3 is 2.53 bits per heavy atom. The molecule has 0 unspecified atom stereocenters. The summed E-state index contributed by atoms with van der Waals surface area (Å²) in [6, 6.07) is 3.89. The lowest BCUT2D eigenvalue weighted by atomic mass is 10.2. The van der Waals surface area contributed by atoms with Gasteiger partial charge in [-0.1, -0.05) is 17.7 Å². The Kier molecular flexibility index (Phi) is 5.67. The van der Waals surface area contributed by atoms with Crippen molar-refractivity contribution in [3.05, 3.63) is 22.7 Å². The molecule has 0 radical (unpaired) electrons. The van der Waals surface area contributed by atoms with E-state index in [4.69, 9.17) is 23.1 Å². The molecule has 4 nitrogen and oxygen atoms in total. The lowest BCUT2D eigenvalue weighted by Crippen LogP contribution is -2.21. The van der Waals surface area contributed by atoms with Gasteiger partial charge in [0.25, 0.3) is 0 Å². The predicted molar refractivity (Wildman–Crippen MR) is 78.4 cm³/mol. The van der Waals surface area contributed by atoms with Crippen molar-refractivity contribution >= 4 is 47.3 Å². The fourth-order valence-corrected chi connectivity index (χ4v) is 3.22. The summed E-state index contributed by atoms with van der Waals surface area (Å²) in [6.45, 7) is 0. The summed E-state index contributed by atoms with van der Waals surface area (Å²) < 4.78 is 0. The predicted octanol–water partition coefficient (Wildman–Crippen LogP) is 2.39. The molecule has 4 N–H and O–H groups in total. The van der Waals surface area contributed by atoms with Crippen molar-refractivity contribution in [1.29, 1.82) is 0 Å². The Bertz CT molecular complexity index is 456. The molecule has 0 saturated heterocycles. The van der Waals surface area contributed by atoms with Crippen LogP contribution in [-0.4, -0.2) is 24.7 Å². The molecule has 0 bridgehead atoms. The Morgan fingerprint density at radius 1 is 1.29 bits per heavy atom. The molecule has 0 atom stereocenters. The zero-order valence-electron chi connectivity index (χ0n) is 9.48. The molecule has 92 valence electrons. The summed E-state index contributed by atoms with van der Waals surface area (Å²) in [5, 5.41) is 7.94. The van der Waals surface area contributed by atoms with Gasteiger partial charge in [0.15, 0.2) is 0 Å². The van der Waals surface area contributed by atoms with E-state index in [9.17, 15) is 0 Å². The molecule has 1 aromatic carbocycles. The maximum atomic E-state index is 6.27. The molecule has 0 aliphatic rings. The number of hydrogen-bond acceptors (Lipinski definition) is 4. The number of halogens is 1. The van der Waals surface area contributed by atoms with Crippen molar-refractivity contribution in [3.8, 4) is 0 Å².